The second-order valence-electron chi connectivity index (χ2n) is 4.53. The molecule has 98 valence electrons. The molecule has 1 aliphatic carbocycles. The van der Waals surface area contributed by atoms with Gasteiger partial charge in [0.1, 0.15) is 11.6 Å². The largest absolute Gasteiger partial charge is 0.437 e. The summed E-state index contributed by atoms with van der Waals surface area (Å²) < 4.78 is 18.4. The van der Waals surface area contributed by atoms with Gasteiger partial charge >= 0.3 is 0 Å². The van der Waals surface area contributed by atoms with Gasteiger partial charge in [0.05, 0.1) is 11.8 Å². The molecule has 1 aliphatic rings. The molecule has 1 aromatic heterocycles. The van der Waals surface area contributed by atoms with Crippen LogP contribution in [-0.2, 0) is 0 Å². The molecule has 0 radical (unpaired) electrons. The van der Waals surface area contributed by atoms with E-state index >= 15 is 0 Å². The first-order chi connectivity index (χ1) is 9.11. The zero-order chi connectivity index (χ0) is 13.4. The fourth-order valence-corrected chi connectivity index (χ4v) is 1.78. The molecule has 0 bridgehead atoms. The predicted octanol–water partition coefficient (Wildman–Crippen LogP) is 2.16. The van der Waals surface area contributed by atoms with E-state index in [0.29, 0.717) is 11.7 Å². The third kappa shape index (κ3) is 2.57. The molecule has 0 spiro atoms. The molecule has 0 saturated heterocycles. The van der Waals surface area contributed by atoms with Crippen LogP contribution in [0.5, 0.6) is 11.6 Å². The number of ether oxygens (including phenoxy) is 1. The highest BCUT2D eigenvalue weighted by Gasteiger charge is 2.26. The number of nitrogen functional groups attached to an aromatic ring is 1. The van der Waals surface area contributed by atoms with Gasteiger partial charge in [-0.1, -0.05) is 0 Å². The van der Waals surface area contributed by atoms with Crippen molar-refractivity contribution < 1.29 is 9.13 Å². The molecule has 3 rings (SSSR count). The maximum atomic E-state index is 12.9. The van der Waals surface area contributed by atoms with E-state index in [0.717, 1.165) is 18.9 Å². The fourth-order valence-electron chi connectivity index (χ4n) is 1.78. The average Bonchev–Trinajstić information content (AvgIpc) is 3.16. The van der Waals surface area contributed by atoms with E-state index in [1.54, 1.807) is 0 Å². The molecular formula is C13H12FN3O2. The molecule has 0 amide bonds. The lowest BCUT2D eigenvalue weighted by molar-refractivity contribution is 0.458. The summed E-state index contributed by atoms with van der Waals surface area (Å²) in [7, 11) is 0. The number of nitrogens with two attached hydrogens (primary N) is 1. The number of hydrogen-bond donors (Lipinski definition) is 2. The van der Waals surface area contributed by atoms with Crippen molar-refractivity contribution in [3.8, 4) is 11.6 Å². The predicted molar refractivity (Wildman–Crippen MR) is 67.7 cm³/mol. The molecule has 1 aromatic carbocycles. The molecule has 0 unspecified atom stereocenters. The number of H-pyrrole nitrogens is 1. The number of aromatic nitrogens is 2. The Morgan fingerprint density at radius 3 is 2.84 bits per heavy atom. The topological polar surface area (TPSA) is 81.0 Å². The Balaban J connectivity index is 1.92. The number of hydrogen-bond acceptors (Lipinski definition) is 4. The molecule has 0 aliphatic heterocycles. The van der Waals surface area contributed by atoms with Crippen LogP contribution in [0.2, 0.25) is 0 Å². The summed E-state index contributed by atoms with van der Waals surface area (Å²) in [4.78, 5) is 18.4. The maximum Gasteiger partial charge on any atom is 0.254 e. The van der Waals surface area contributed by atoms with Crippen molar-refractivity contribution in [3.05, 3.63) is 46.3 Å². The highest BCUT2D eigenvalue weighted by Crippen LogP contribution is 2.38. The first-order valence-corrected chi connectivity index (χ1v) is 5.96. The summed E-state index contributed by atoms with van der Waals surface area (Å²) in [6, 6.07) is 5.05. The van der Waals surface area contributed by atoms with Crippen molar-refractivity contribution in [3.63, 3.8) is 0 Å². The van der Waals surface area contributed by atoms with Crippen molar-refractivity contribution >= 4 is 5.69 Å². The lowest BCUT2D eigenvalue weighted by Crippen LogP contribution is -2.10. The zero-order valence-corrected chi connectivity index (χ0v) is 10.0. The van der Waals surface area contributed by atoms with Gasteiger partial charge in [-0.25, -0.2) is 4.39 Å². The lowest BCUT2D eigenvalue weighted by Gasteiger charge is -2.08. The van der Waals surface area contributed by atoms with Gasteiger partial charge in [0.15, 0.2) is 5.75 Å². The Kier molecular flexibility index (Phi) is 2.70. The summed E-state index contributed by atoms with van der Waals surface area (Å²) in [6.45, 7) is 0. The minimum absolute atomic E-state index is 0.162. The van der Waals surface area contributed by atoms with E-state index in [1.807, 2.05) is 0 Å². The SMILES string of the molecule is Nc1cc(F)ccc1Oc1cc(=O)[nH]c(C2CC2)n1. The van der Waals surface area contributed by atoms with E-state index in [9.17, 15) is 9.18 Å². The standard InChI is InChI=1S/C13H12FN3O2/c14-8-3-4-10(9(15)5-8)19-12-6-11(18)16-13(17-12)7-1-2-7/h3-7H,1-2,15H2,(H,16,17,18). The number of anilines is 1. The van der Waals surface area contributed by atoms with Crippen molar-refractivity contribution in [1.29, 1.82) is 0 Å². The van der Waals surface area contributed by atoms with Crippen LogP contribution >= 0.6 is 0 Å². The molecule has 3 N–H and O–H groups in total. The van der Waals surface area contributed by atoms with Crippen LogP contribution in [0, 0.1) is 5.82 Å². The Morgan fingerprint density at radius 1 is 1.37 bits per heavy atom. The molecule has 5 nitrogen and oxygen atoms in total. The van der Waals surface area contributed by atoms with E-state index in [2.05, 4.69) is 9.97 Å². The van der Waals surface area contributed by atoms with Crippen LogP contribution in [0.4, 0.5) is 10.1 Å². The molecule has 6 heteroatoms. The van der Waals surface area contributed by atoms with Crippen LogP contribution in [0.3, 0.4) is 0 Å². The fraction of sp³-hybridized carbons (Fsp3) is 0.231. The summed E-state index contributed by atoms with van der Waals surface area (Å²) in [5, 5.41) is 0. The lowest BCUT2D eigenvalue weighted by atomic mass is 10.3. The average molecular weight is 261 g/mol. The summed E-state index contributed by atoms with van der Waals surface area (Å²) in [5.41, 5.74) is 5.53. The van der Waals surface area contributed by atoms with Crippen LogP contribution in [0.15, 0.2) is 29.1 Å². The van der Waals surface area contributed by atoms with Gasteiger partial charge in [-0.2, -0.15) is 4.98 Å². The van der Waals surface area contributed by atoms with Crippen molar-refractivity contribution in [2.75, 3.05) is 5.73 Å². The number of nitrogens with zero attached hydrogens (tertiary/aromatic N) is 1. The van der Waals surface area contributed by atoms with Crippen LogP contribution in [-0.4, -0.2) is 9.97 Å². The number of halogens is 1. The van der Waals surface area contributed by atoms with Crippen LogP contribution in [0.25, 0.3) is 0 Å². The molecule has 1 heterocycles. The minimum Gasteiger partial charge on any atom is -0.437 e. The smallest absolute Gasteiger partial charge is 0.254 e. The minimum atomic E-state index is -0.442. The van der Waals surface area contributed by atoms with Crippen LogP contribution < -0.4 is 16.0 Å². The summed E-state index contributed by atoms with van der Waals surface area (Å²) in [6.07, 6.45) is 2.04. The number of benzene rings is 1. The Hall–Kier alpha value is -2.37. The molecule has 1 fully saturated rings. The van der Waals surface area contributed by atoms with Crippen molar-refractivity contribution in [2.24, 2.45) is 0 Å². The van der Waals surface area contributed by atoms with E-state index < -0.39 is 5.82 Å². The monoisotopic (exact) mass is 261 g/mol. The third-order valence-electron chi connectivity index (χ3n) is 2.89. The Bertz CT molecular complexity index is 680. The second-order valence-corrected chi connectivity index (χ2v) is 4.53. The van der Waals surface area contributed by atoms with Gasteiger partial charge in [-0.05, 0) is 25.0 Å². The first-order valence-electron chi connectivity index (χ1n) is 5.96. The molecule has 2 aromatic rings. The third-order valence-corrected chi connectivity index (χ3v) is 2.89. The number of nitrogens with one attached hydrogen (secondary N) is 1. The molecule has 1 saturated carbocycles. The van der Waals surface area contributed by atoms with Gasteiger partial charge in [0.25, 0.3) is 5.56 Å². The zero-order valence-electron chi connectivity index (χ0n) is 10.0. The molecular weight excluding hydrogens is 249 g/mol. The van der Waals surface area contributed by atoms with Gasteiger partial charge in [-0.3, -0.25) is 4.79 Å². The van der Waals surface area contributed by atoms with Crippen molar-refractivity contribution in [1.82, 2.24) is 9.97 Å². The number of aromatic amines is 1. The second kappa shape index (κ2) is 4.38. The normalized spacial score (nSPS) is 14.4. The summed E-state index contributed by atoms with van der Waals surface area (Å²) >= 11 is 0. The molecule has 0 atom stereocenters. The Morgan fingerprint density at radius 2 is 2.16 bits per heavy atom. The highest BCUT2D eigenvalue weighted by atomic mass is 19.1. The van der Waals surface area contributed by atoms with Crippen molar-refractivity contribution in [2.45, 2.75) is 18.8 Å². The van der Waals surface area contributed by atoms with E-state index in [-0.39, 0.29) is 22.9 Å². The maximum absolute atomic E-state index is 12.9. The van der Waals surface area contributed by atoms with Gasteiger partial charge in [-0.15, -0.1) is 0 Å². The van der Waals surface area contributed by atoms with Gasteiger partial charge < -0.3 is 15.5 Å². The van der Waals surface area contributed by atoms with Crippen LogP contribution in [0.1, 0.15) is 24.6 Å². The quantitative estimate of drug-likeness (QED) is 0.829. The van der Waals surface area contributed by atoms with E-state index in [1.165, 1.54) is 18.2 Å². The van der Waals surface area contributed by atoms with Gasteiger partial charge in [0, 0.05) is 12.0 Å². The Labute approximate surface area is 108 Å². The molecule has 19 heavy (non-hydrogen) atoms. The van der Waals surface area contributed by atoms with Gasteiger partial charge in [0.2, 0.25) is 5.88 Å². The first kappa shape index (κ1) is 11.7. The number of rotatable bonds is 3. The highest BCUT2D eigenvalue weighted by molar-refractivity contribution is 5.53. The van der Waals surface area contributed by atoms with E-state index in [4.69, 9.17) is 10.5 Å². The summed E-state index contributed by atoms with van der Waals surface area (Å²) in [5.74, 6) is 0.942.